The third kappa shape index (κ3) is 10.1. The van der Waals surface area contributed by atoms with Crippen LogP contribution < -0.4 is 0 Å². The third-order valence-corrected chi connectivity index (χ3v) is 7.65. The maximum absolute atomic E-state index is 12.1. The minimum absolute atomic E-state index is 0.303. The topological polar surface area (TPSA) is 78.9 Å². The zero-order chi connectivity index (χ0) is 19.4. The van der Waals surface area contributed by atoms with Gasteiger partial charge in [0, 0.05) is 0 Å². The Morgan fingerprint density at radius 2 is 0.880 bits per heavy atom. The van der Waals surface area contributed by atoms with Gasteiger partial charge in [-0.2, -0.15) is 0 Å². The van der Waals surface area contributed by atoms with Gasteiger partial charge in [-0.1, -0.05) is 0 Å². The Morgan fingerprint density at radius 3 is 1.08 bits per heavy atom. The number of carbonyl (C=O) groups excluding carboxylic acids is 3. The van der Waals surface area contributed by atoms with Crippen molar-refractivity contribution in [2.45, 2.75) is 80.1 Å². The predicted molar refractivity (Wildman–Crippen MR) is 96.2 cm³/mol. The van der Waals surface area contributed by atoms with Crippen molar-refractivity contribution in [3.8, 4) is 0 Å². The molecular formula is C18H33InO6. The van der Waals surface area contributed by atoms with Crippen LogP contribution in [-0.2, 0) is 22.9 Å². The summed E-state index contributed by atoms with van der Waals surface area (Å²) in [6, 6.07) is 0. The fourth-order valence-corrected chi connectivity index (χ4v) is 6.38. The van der Waals surface area contributed by atoms with Crippen molar-refractivity contribution in [3.05, 3.63) is 0 Å². The van der Waals surface area contributed by atoms with Gasteiger partial charge in [0.05, 0.1) is 0 Å². The van der Waals surface area contributed by atoms with Crippen LogP contribution in [-0.4, -0.2) is 40.7 Å². The Kier molecular flexibility index (Phi) is 13.1. The minimum atomic E-state index is -4.01. The van der Waals surface area contributed by atoms with E-state index in [0.29, 0.717) is 19.3 Å². The molecule has 0 rings (SSSR count). The Hall–Kier alpha value is -0.720. The van der Waals surface area contributed by atoms with Crippen LogP contribution in [0.15, 0.2) is 0 Å². The van der Waals surface area contributed by atoms with Gasteiger partial charge in [-0.25, -0.2) is 0 Å². The fraction of sp³-hybridized carbons (Fsp3) is 0.833. The van der Waals surface area contributed by atoms with Crippen molar-refractivity contribution in [2.75, 3.05) is 0 Å². The van der Waals surface area contributed by atoms with Gasteiger partial charge in [-0.05, 0) is 0 Å². The second kappa shape index (κ2) is 13.5. The summed E-state index contributed by atoms with van der Waals surface area (Å²) in [5.74, 6) is -2.26. The number of hydrogen-bond acceptors (Lipinski definition) is 6. The van der Waals surface area contributed by atoms with Crippen molar-refractivity contribution in [1.29, 1.82) is 0 Å². The average molecular weight is 460 g/mol. The van der Waals surface area contributed by atoms with Crippen LogP contribution in [0.25, 0.3) is 0 Å². The predicted octanol–water partition coefficient (Wildman–Crippen LogP) is 3.91. The summed E-state index contributed by atoms with van der Waals surface area (Å²) >= 11 is -4.01. The standard InChI is InChI=1S/3C6H12O2.In/c3*1-3-4-5(2)6(7)8;/h3*5H,3-4H2,1-2H3,(H,7,8);/q;;;+3/p-3. The summed E-state index contributed by atoms with van der Waals surface area (Å²) in [7, 11) is 0. The van der Waals surface area contributed by atoms with Crippen molar-refractivity contribution in [1.82, 2.24) is 0 Å². The molecule has 6 nitrogen and oxygen atoms in total. The van der Waals surface area contributed by atoms with Crippen LogP contribution in [0.3, 0.4) is 0 Å². The molecule has 3 unspecified atom stereocenters. The van der Waals surface area contributed by atoms with Crippen LogP contribution in [0, 0.1) is 17.8 Å². The molecule has 0 radical (unpaired) electrons. The molecule has 0 aromatic rings. The number of rotatable bonds is 12. The first-order valence-corrected chi connectivity index (χ1v) is 13.4. The van der Waals surface area contributed by atoms with Crippen LogP contribution in [0.1, 0.15) is 80.1 Å². The van der Waals surface area contributed by atoms with Gasteiger partial charge in [-0.15, -0.1) is 0 Å². The van der Waals surface area contributed by atoms with Gasteiger partial charge in [-0.3, -0.25) is 0 Å². The summed E-state index contributed by atoms with van der Waals surface area (Å²) in [4.78, 5) is 36.4. The Morgan fingerprint density at radius 1 is 0.640 bits per heavy atom. The molecule has 0 fully saturated rings. The maximum atomic E-state index is 12.1. The molecule has 3 atom stereocenters. The molecule has 0 saturated heterocycles. The molecule has 0 saturated carbocycles. The van der Waals surface area contributed by atoms with Gasteiger partial charge in [0.15, 0.2) is 0 Å². The van der Waals surface area contributed by atoms with E-state index in [0.717, 1.165) is 19.3 Å². The zero-order valence-corrected chi connectivity index (χ0v) is 19.8. The summed E-state index contributed by atoms with van der Waals surface area (Å²) in [6.07, 6.45) is 4.57. The first kappa shape index (κ1) is 24.3. The quantitative estimate of drug-likeness (QED) is 0.440. The van der Waals surface area contributed by atoms with Gasteiger partial charge in [0.2, 0.25) is 0 Å². The summed E-state index contributed by atoms with van der Waals surface area (Å²) in [5.41, 5.74) is 0. The monoisotopic (exact) mass is 460 g/mol. The molecule has 0 spiro atoms. The normalized spacial score (nSPS) is 14.2. The van der Waals surface area contributed by atoms with Crippen LogP contribution in [0.5, 0.6) is 0 Å². The SMILES string of the molecule is CCCC(C)C(=O)[O][In]([O]C(=O)C(C)CCC)[O]C(=O)C(C)CCC. The van der Waals surface area contributed by atoms with Gasteiger partial charge < -0.3 is 0 Å². The molecule has 0 aliphatic heterocycles. The van der Waals surface area contributed by atoms with Crippen molar-refractivity contribution >= 4 is 40.7 Å². The third-order valence-electron chi connectivity index (χ3n) is 4.01. The van der Waals surface area contributed by atoms with E-state index in [2.05, 4.69) is 0 Å². The molecule has 0 aromatic heterocycles. The van der Waals surface area contributed by atoms with Crippen LogP contribution >= 0.6 is 0 Å². The van der Waals surface area contributed by atoms with Gasteiger partial charge >= 0.3 is 161 Å². The van der Waals surface area contributed by atoms with Gasteiger partial charge in [0.25, 0.3) is 0 Å². The Labute approximate surface area is 161 Å². The van der Waals surface area contributed by atoms with E-state index in [1.165, 1.54) is 0 Å². The van der Waals surface area contributed by atoms with E-state index in [4.69, 9.17) is 8.56 Å². The van der Waals surface area contributed by atoms with E-state index < -0.39 is 40.7 Å². The molecule has 0 amide bonds. The van der Waals surface area contributed by atoms with E-state index >= 15 is 0 Å². The summed E-state index contributed by atoms with van der Waals surface area (Å²) in [6.45, 7) is 11.2. The average Bonchev–Trinajstić information content (AvgIpc) is 2.55. The molecule has 7 heteroatoms. The molecule has 0 aliphatic rings. The van der Waals surface area contributed by atoms with Crippen molar-refractivity contribution in [3.63, 3.8) is 0 Å². The molecule has 25 heavy (non-hydrogen) atoms. The van der Waals surface area contributed by atoms with Crippen molar-refractivity contribution in [2.24, 2.45) is 17.8 Å². The number of hydrogen-bond donors (Lipinski definition) is 0. The molecule has 0 aliphatic carbocycles. The van der Waals surface area contributed by atoms with Crippen LogP contribution in [0.2, 0.25) is 0 Å². The molecule has 0 bridgehead atoms. The molecule has 0 heterocycles. The van der Waals surface area contributed by atoms with Gasteiger partial charge in [0.1, 0.15) is 0 Å². The number of carbonyl (C=O) groups is 3. The first-order chi connectivity index (χ1) is 11.8. The zero-order valence-electron chi connectivity index (χ0n) is 16.5. The van der Waals surface area contributed by atoms with E-state index in [1.54, 1.807) is 20.8 Å². The summed E-state index contributed by atoms with van der Waals surface area (Å²) < 4.78 is 16.0. The molecular weight excluding hydrogens is 427 g/mol. The van der Waals surface area contributed by atoms with Crippen LogP contribution in [0.4, 0.5) is 0 Å². The van der Waals surface area contributed by atoms with E-state index in [1.807, 2.05) is 20.8 Å². The van der Waals surface area contributed by atoms with Crippen molar-refractivity contribution < 1.29 is 22.9 Å². The summed E-state index contributed by atoms with van der Waals surface area (Å²) in [5, 5.41) is 0. The van der Waals surface area contributed by atoms with E-state index in [9.17, 15) is 14.4 Å². The Bertz CT molecular complexity index is 364. The molecule has 0 N–H and O–H groups in total. The second-order valence-electron chi connectivity index (χ2n) is 6.67. The second-order valence-corrected chi connectivity index (χ2v) is 10.3. The first-order valence-electron chi connectivity index (χ1n) is 9.38. The molecule has 144 valence electrons. The Balaban J connectivity index is 4.94. The fourth-order valence-electron chi connectivity index (χ4n) is 2.36. The van der Waals surface area contributed by atoms with E-state index in [-0.39, 0.29) is 17.8 Å². The molecule has 0 aromatic carbocycles.